The van der Waals surface area contributed by atoms with E-state index in [9.17, 15) is 13.5 Å². The number of benzene rings is 1. The van der Waals surface area contributed by atoms with Crippen LogP contribution in [0.15, 0.2) is 35.7 Å². The Morgan fingerprint density at radius 2 is 1.85 bits per heavy atom. The van der Waals surface area contributed by atoms with Crippen LogP contribution in [0.2, 0.25) is 0 Å². The zero-order valence-corrected chi connectivity index (χ0v) is 19.8. The van der Waals surface area contributed by atoms with E-state index in [2.05, 4.69) is 5.92 Å². The zero-order valence-electron chi connectivity index (χ0n) is 15.4. The van der Waals surface area contributed by atoms with Crippen molar-refractivity contribution in [3.8, 4) is 12.3 Å². The van der Waals surface area contributed by atoms with Crippen molar-refractivity contribution in [2.75, 3.05) is 10.8 Å². The number of anilines is 1. The van der Waals surface area contributed by atoms with Gasteiger partial charge < -0.3 is 12.5 Å². The molecule has 7 heteroatoms. The number of fused-ring (bicyclic) bond motifs is 1. The van der Waals surface area contributed by atoms with Gasteiger partial charge in [0.1, 0.15) is 4.91 Å². The molecule has 1 aliphatic heterocycles. The number of thiophene rings is 1. The Morgan fingerprint density at radius 1 is 1.23 bits per heavy atom. The van der Waals surface area contributed by atoms with Crippen LogP contribution >= 0.6 is 11.3 Å². The Morgan fingerprint density at radius 3 is 2.42 bits per heavy atom. The molecule has 0 saturated heterocycles. The second-order valence-corrected chi connectivity index (χ2v) is 7.56. The summed E-state index contributed by atoms with van der Waals surface area (Å²) in [4.78, 5) is 0.430. The molecule has 0 unspecified atom stereocenters. The van der Waals surface area contributed by atoms with Crippen LogP contribution in [-0.4, -0.2) is 20.1 Å². The summed E-state index contributed by atoms with van der Waals surface area (Å²) in [5, 5.41) is 12.3. The van der Waals surface area contributed by atoms with Crippen molar-refractivity contribution in [1.29, 1.82) is 0 Å². The van der Waals surface area contributed by atoms with Gasteiger partial charge in [-0.15, -0.1) is 17.8 Å². The normalized spacial score (nSPS) is 14.0. The van der Waals surface area contributed by atoms with Crippen LogP contribution in [0.4, 0.5) is 5.69 Å². The van der Waals surface area contributed by atoms with Crippen LogP contribution in [-0.2, 0) is 42.7 Å². The van der Waals surface area contributed by atoms with E-state index in [4.69, 9.17) is 6.42 Å². The Balaban J connectivity index is 0.00000151. The first-order chi connectivity index (χ1) is 11.5. The molecule has 0 aliphatic carbocycles. The summed E-state index contributed by atoms with van der Waals surface area (Å²) >= 11 is 1.29. The maximum absolute atomic E-state index is 12.9. The monoisotopic (exact) mass is 465 g/mol. The van der Waals surface area contributed by atoms with Gasteiger partial charge in [0.05, 0.1) is 17.1 Å². The third-order valence-electron chi connectivity index (χ3n) is 3.52. The second kappa shape index (κ2) is 10.3. The van der Waals surface area contributed by atoms with E-state index in [1.807, 2.05) is 19.9 Å². The molecule has 26 heavy (non-hydrogen) atoms. The van der Waals surface area contributed by atoms with E-state index < -0.39 is 10.0 Å². The van der Waals surface area contributed by atoms with E-state index in [-0.39, 0.29) is 57.3 Å². The Labute approximate surface area is 185 Å². The van der Waals surface area contributed by atoms with Crippen molar-refractivity contribution >= 4 is 37.7 Å². The van der Waals surface area contributed by atoms with Crippen LogP contribution in [0.5, 0.6) is 0 Å². The summed E-state index contributed by atoms with van der Waals surface area (Å²) < 4.78 is 27.1. The third kappa shape index (κ3) is 4.23. The van der Waals surface area contributed by atoms with Crippen molar-refractivity contribution in [3.05, 3.63) is 59.1 Å². The largest absolute Gasteiger partial charge is 0.505 e. The Hall–Kier alpha value is -1.13. The van der Waals surface area contributed by atoms with Crippen molar-refractivity contribution in [1.82, 2.24) is 0 Å². The van der Waals surface area contributed by atoms with Crippen LogP contribution < -0.4 is 4.31 Å². The molecule has 0 fully saturated rings. The molecule has 0 saturated carbocycles. The molecule has 1 aromatic carbocycles. The molecule has 1 aliphatic rings. The smallest absolute Gasteiger partial charge is 0.269 e. The maximum atomic E-state index is 12.9. The van der Waals surface area contributed by atoms with Gasteiger partial charge in [0.25, 0.3) is 10.0 Å². The van der Waals surface area contributed by atoms with Gasteiger partial charge in [-0.05, 0) is 23.9 Å². The molecular weight excluding hydrogens is 443 g/mol. The van der Waals surface area contributed by atoms with Gasteiger partial charge in [0, 0.05) is 38.3 Å². The number of aliphatic hydroxyl groups is 1. The maximum Gasteiger partial charge on any atom is 0.269 e. The summed E-state index contributed by atoms with van der Waals surface area (Å²) in [6, 6.07) is 8.71. The summed E-state index contributed by atoms with van der Waals surface area (Å²) in [7, 11) is -3.91. The summed E-state index contributed by atoms with van der Waals surface area (Å²) in [5.74, 6) is 2.16. The van der Waals surface area contributed by atoms with Crippen molar-refractivity contribution in [3.63, 3.8) is 0 Å². The molecule has 2 aromatic rings. The number of sulfonamides is 1. The topological polar surface area (TPSA) is 57.6 Å². The first kappa shape index (κ1) is 24.9. The van der Waals surface area contributed by atoms with E-state index >= 15 is 0 Å². The zero-order chi connectivity index (χ0) is 17.9. The fourth-order valence-electron chi connectivity index (χ4n) is 2.49. The van der Waals surface area contributed by atoms with Crippen molar-refractivity contribution in [2.24, 2.45) is 0 Å². The minimum absolute atomic E-state index is 0. The van der Waals surface area contributed by atoms with Crippen LogP contribution in [0.3, 0.4) is 0 Å². The number of hydrogen-bond donors (Lipinski definition) is 1. The number of aliphatic hydroxyl groups excluding tert-OH is 1. The van der Waals surface area contributed by atoms with Crippen LogP contribution in [0.25, 0.3) is 10.7 Å². The van der Waals surface area contributed by atoms with Gasteiger partial charge in [0.15, 0.2) is 5.76 Å². The first-order valence-electron chi connectivity index (χ1n) is 7.51. The molecule has 137 valence electrons. The molecule has 0 amide bonds. The van der Waals surface area contributed by atoms with E-state index in [1.54, 1.807) is 36.6 Å². The van der Waals surface area contributed by atoms with Gasteiger partial charge in [-0.1, -0.05) is 44.0 Å². The molecule has 0 bridgehead atoms. The third-order valence-corrected chi connectivity index (χ3v) is 6.26. The standard InChI is InChI=1S/C16H13NO3S2.C2H6.CH3.Y/c1-3-9-17-13-8-10-21-15(13)14(18)16(22(17,19)20)12-7-5-4-6-11(12)2;1-2;;/h1,4-8,10,18H,9H2,2H3;1-2H3;1H3;/q;;-1;. The van der Waals surface area contributed by atoms with E-state index in [0.29, 0.717) is 16.1 Å². The summed E-state index contributed by atoms with van der Waals surface area (Å²) in [6.07, 6.45) is 5.32. The fraction of sp³-hybridized carbons (Fsp3) is 0.211. The molecule has 2 heterocycles. The molecule has 0 spiro atoms. The number of aryl methyl sites for hydroxylation is 1. The Bertz CT molecular complexity index is 924. The fourth-order valence-corrected chi connectivity index (χ4v) is 5.19. The minimum atomic E-state index is -3.91. The SMILES string of the molecule is C#CCN1c2ccsc2C(O)=C(c2ccccc2C)S1(=O)=O.CC.[CH3-].[Y]. The van der Waals surface area contributed by atoms with Gasteiger partial charge >= 0.3 is 0 Å². The van der Waals surface area contributed by atoms with Gasteiger partial charge in [-0.3, -0.25) is 4.31 Å². The predicted molar refractivity (Wildman–Crippen MR) is 108 cm³/mol. The molecule has 4 nitrogen and oxygen atoms in total. The van der Waals surface area contributed by atoms with Crippen molar-refractivity contribution in [2.45, 2.75) is 20.8 Å². The number of nitrogens with zero attached hydrogens (tertiary/aromatic N) is 1. The number of rotatable bonds is 2. The quantitative estimate of drug-likeness (QED) is 0.517. The van der Waals surface area contributed by atoms with Gasteiger partial charge in [0.2, 0.25) is 0 Å². The predicted octanol–water partition coefficient (Wildman–Crippen LogP) is 4.70. The van der Waals surface area contributed by atoms with Gasteiger partial charge in [-0.2, -0.15) is 0 Å². The first-order valence-corrected chi connectivity index (χ1v) is 9.83. The minimum Gasteiger partial charge on any atom is -0.505 e. The molecule has 1 aromatic heterocycles. The average molecular weight is 465 g/mol. The van der Waals surface area contributed by atoms with Crippen LogP contribution in [0, 0.1) is 26.7 Å². The second-order valence-electron chi connectivity index (χ2n) is 4.84. The molecule has 3 rings (SSSR count). The number of terminal acetylenes is 1. The summed E-state index contributed by atoms with van der Waals surface area (Å²) in [5.41, 5.74) is 1.69. The summed E-state index contributed by atoms with van der Waals surface area (Å²) in [6.45, 7) is 5.73. The Kier molecular flexibility index (Phi) is 9.83. The number of hydrogen-bond acceptors (Lipinski definition) is 4. The molecule has 1 N–H and O–H groups in total. The van der Waals surface area contributed by atoms with Crippen LogP contribution in [0.1, 0.15) is 29.9 Å². The molecular formula is C19H22NO3S2Y-. The van der Waals surface area contributed by atoms with Crippen molar-refractivity contribution < 1.29 is 46.2 Å². The van der Waals surface area contributed by atoms with E-state index in [0.717, 1.165) is 5.56 Å². The molecule has 0 atom stereocenters. The molecule has 1 radical (unpaired) electrons. The van der Waals surface area contributed by atoms with Gasteiger partial charge in [-0.25, -0.2) is 8.42 Å². The van der Waals surface area contributed by atoms with E-state index in [1.165, 1.54) is 15.6 Å². The average Bonchev–Trinajstić information content (AvgIpc) is 3.04.